The molecule has 2 heteroatoms. The number of hydrogen-bond acceptors (Lipinski definition) is 1. The molecule has 0 spiro atoms. The molecule has 1 nitrogen and oxygen atoms in total. The third-order valence-electron chi connectivity index (χ3n) is 4.30. The maximum Gasteiger partial charge on any atom is 0.247 e. The minimum Gasteiger partial charge on any atom is -0.408 e. The highest BCUT2D eigenvalue weighted by Crippen LogP contribution is 2.35. The molecule has 0 aliphatic heterocycles. The van der Waals surface area contributed by atoms with Crippen LogP contribution in [0.3, 0.4) is 0 Å². The van der Waals surface area contributed by atoms with Crippen molar-refractivity contribution in [2.24, 2.45) is 0 Å². The molecule has 4 rings (SSSR count). The average Bonchev–Trinajstić information content (AvgIpc) is 2.63. The lowest BCUT2D eigenvalue weighted by molar-refractivity contribution is 0.275. The molecule has 0 N–H and O–H groups in total. The second kappa shape index (κ2) is 5.99. The summed E-state index contributed by atoms with van der Waals surface area (Å²) >= 11 is 0. The highest BCUT2D eigenvalue weighted by Gasteiger charge is 2.17. The molecule has 1 atom stereocenters. The predicted molar refractivity (Wildman–Crippen MR) is 96.6 cm³/mol. The molecule has 23 heavy (non-hydrogen) atoms. The molecule has 0 aliphatic carbocycles. The van der Waals surface area contributed by atoms with Gasteiger partial charge >= 0.3 is 0 Å². The zero-order valence-electron chi connectivity index (χ0n) is 12.6. The quantitative estimate of drug-likeness (QED) is 0.374. The first-order valence-corrected chi connectivity index (χ1v) is 8.07. The van der Waals surface area contributed by atoms with E-state index in [0.29, 0.717) is 0 Å². The zero-order chi connectivity index (χ0) is 15.6. The van der Waals surface area contributed by atoms with Crippen LogP contribution in [0.25, 0.3) is 21.5 Å². The van der Waals surface area contributed by atoms with Crippen molar-refractivity contribution >= 4 is 32.0 Å². The van der Waals surface area contributed by atoms with Gasteiger partial charge in [-0.05, 0) is 38.7 Å². The molecule has 0 saturated heterocycles. The Kier molecular flexibility index (Phi) is 3.70. The van der Waals surface area contributed by atoms with Crippen LogP contribution in [0.4, 0.5) is 0 Å². The van der Waals surface area contributed by atoms with Crippen LogP contribution < -0.4 is 0 Å². The van der Waals surface area contributed by atoms with Gasteiger partial charge in [-0.1, -0.05) is 78.9 Å². The van der Waals surface area contributed by atoms with Gasteiger partial charge in [0.25, 0.3) is 0 Å². The number of rotatable bonds is 3. The molecule has 0 aliphatic rings. The van der Waals surface area contributed by atoms with E-state index in [4.69, 9.17) is 4.43 Å². The summed E-state index contributed by atoms with van der Waals surface area (Å²) in [5, 5.41) is 4.97. The molecule has 0 aromatic heterocycles. The lowest BCUT2D eigenvalue weighted by Gasteiger charge is -2.20. The summed E-state index contributed by atoms with van der Waals surface area (Å²) in [6.07, 6.45) is -0.151. The minimum absolute atomic E-state index is 0.151. The topological polar surface area (TPSA) is 9.23 Å². The van der Waals surface area contributed by atoms with Gasteiger partial charge in [0.1, 0.15) is 0 Å². The predicted octanol–water partition coefficient (Wildman–Crippen LogP) is 5.18. The van der Waals surface area contributed by atoms with Crippen molar-refractivity contribution in [3.8, 4) is 0 Å². The van der Waals surface area contributed by atoms with Crippen molar-refractivity contribution in [1.29, 1.82) is 0 Å². The third kappa shape index (κ3) is 2.46. The minimum atomic E-state index is -0.151. The van der Waals surface area contributed by atoms with E-state index in [1.165, 1.54) is 27.1 Å². The van der Waals surface area contributed by atoms with Crippen LogP contribution >= 0.6 is 0 Å². The first-order chi connectivity index (χ1) is 11.4. The van der Waals surface area contributed by atoms with Crippen LogP contribution in [0.15, 0.2) is 84.9 Å². The van der Waals surface area contributed by atoms with E-state index in [9.17, 15) is 0 Å². The van der Waals surface area contributed by atoms with Crippen molar-refractivity contribution in [2.45, 2.75) is 6.10 Å². The van der Waals surface area contributed by atoms with E-state index < -0.39 is 0 Å². The van der Waals surface area contributed by atoms with Crippen LogP contribution in [0, 0.1) is 0 Å². The fourth-order valence-electron chi connectivity index (χ4n) is 3.24. The second-order valence-electron chi connectivity index (χ2n) is 5.64. The molecule has 3 radical (unpaired) electrons. The van der Waals surface area contributed by atoms with E-state index in [0.717, 1.165) is 5.56 Å². The van der Waals surface area contributed by atoms with Gasteiger partial charge in [0.05, 0.1) is 6.10 Å². The second-order valence-corrected chi connectivity index (χ2v) is 5.88. The van der Waals surface area contributed by atoms with Gasteiger partial charge < -0.3 is 4.43 Å². The Labute approximate surface area is 139 Å². The summed E-state index contributed by atoms with van der Waals surface area (Å²) in [4.78, 5) is 0. The van der Waals surface area contributed by atoms with Crippen LogP contribution in [0.1, 0.15) is 17.2 Å². The molecule has 4 aromatic rings. The molecular formula is C21H15OSi. The Morgan fingerprint density at radius 1 is 0.652 bits per heavy atom. The Hall–Kier alpha value is -2.42. The van der Waals surface area contributed by atoms with Gasteiger partial charge in [0, 0.05) is 0 Å². The van der Waals surface area contributed by atoms with Gasteiger partial charge in [-0.15, -0.1) is 0 Å². The van der Waals surface area contributed by atoms with Gasteiger partial charge in [0.15, 0.2) is 0 Å². The normalized spacial score (nSPS) is 12.6. The van der Waals surface area contributed by atoms with Crippen molar-refractivity contribution in [3.05, 3.63) is 96.1 Å². The highest BCUT2D eigenvalue weighted by molar-refractivity contribution is 6.09. The maximum absolute atomic E-state index is 5.68. The summed E-state index contributed by atoms with van der Waals surface area (Å²) in [5.41, 5.74) is 2.29. The summed E-state index contributed by atoms with van der Waals surface area (Å²) < 4.78 is 5.68. The van der Waals surface area contributed by atoms with Crippen LogP contribution in [-0.2, 0) is 4.43 Å². The molecule has 4 aromatic carbocycles. The van der Waals surface area contributed by atoms with Gasteiger partial charge in [-0.3, -0.25) is 0 Å². The Bertz CT molecular complexity index is 963. The smallest absolute Gasteiger partial charge is 0.247 e. The Morgan fingerprint density at radius 2 is 1.26 bits per heavy atom. The van der Waals surface area contributed by atoms with Crippen molar-refractivity contribution in [1.82, 2.24) is 0 Å². The molecular weight excluding hydrogens is 296 g/mol. The summed E-state index contributed by atoms with van der Waals surface area (Å²) in [5.74, 6) is 0. The summed E-state index contributed by atoms with van der Waals surface area (Å²) in [6, 6.07) is 29.5. The van der Waals surface area contributed by atoms with E-state index in [-0.39, 0.29) is 6.10 Å². The first-order valence-electron chi connectivity index (χ1n) is 7.66. The van der Waals surface area contributed by atoms with Crippen molar-refractivity contribution < 1.29 is 4.43 Å². The fraction of sp³-hybridized carbons (Fsp3) is 0.0476. The molecule has 0 heterocycles. The molecule has 0 fully saturated rings. The lowest BCUT2D eigenvalue weighted by atomic mass is 9.92. The molecule has 0 amide bonds. The molecule has 0 saturated carbocycles. The standard InChI is InChI=1S/C21H15OSi/c23-22-21(15-8-2-1-3-9-15)20-14-16-10-4-5-11-17(16)18-12-6-7-13-19(18)20/h1-14,21H. The summed E-state index contributed by atoms with van der Waals surface area (Å²) in [6.45, 7) is 0. The Morgan fingerprint density at radius 3 is 2.00 bits per heavy atom. The SMILES string of the molecule is [Si]OC(c1ccccc1)c1cc2ccccc2c2ccccc12. The molecule has 109 valence electrons. The van der Waals surface area contributed by atoms with Gasteiger partial charge in [-0.2, -0.15) is 0 Å². The van der Waals surface area contributed by atoms with Gasteiger partial charge in [-0.25, -0.2) is 0 Å². The number of benzene rings is 4. The Balaban J connectivity index is 2.05. The van der Waals surface area contributed by atoms with Crippen LogP contribution in [-0.4, -0.2) is 10.5 Å². The van der Waals surface area contributed by atoms with Crippen molar-refractivity contribution in [3.63, 3.8) is 0 Å². The average molecular weight is 311 g/mol. The van der Waals surface area contributed by atoms with Gasteiger partial charge in [0.2, 0.25) is 10.5 Å². The van der Waals surface area contributed by atoms with Crippen molar-refractivity contribution in [2.75, 3.05) is 0 Å². The number of fused-ring (bicyclic) bond motifs is 3. The van der Waals surface area contributed by atoms with E-state index in [2.05, 4.69) is 77.2 Å². The van der Waals surface area contributed by atoms with Crippen LogP contribution in [0.5, 0.6) is 0 Å². The largest absolute Gasteiger partial charge is 0.408 e. The van der Waals surface area contributed by atoms with Crippen LogP contribution in [0.2, 0.25) is 0 Å². The van der Waals surface area contributed by atoms with E-state index in [1.807, 2.05) is 18.2 Å². The number of hydrogen-bond donors (Lipinski definition) is 0. The zero-order valence-corrected chi connectivity index (χ0v) is 13.6. The third-order valence-corrected chi connectivity index (χ3v) is 4.54. The van der Waals surface area contributed by atoms with E-state index >= 15 is 0 Å². The highest BCUT2D eigenvalue weighted by atomic mass is 28.2. The molecule has 0 bridgehead atoms. The monoisotopic (exact) mass is 311 g/mol. The fourth-order valence-corrected chi connectivity index (χ4v) is 3.50. The first kappa shape index (κ1) is 14.2. The molecule has 1 unspecified atom stereocenters. The lowest BCUT2D eigenvalue weighted by Crippen LogP contribution is -2.05. The maximum atomic E-state index is 5.68. The van der Waals surface area contributed by atoms with E-state index in [1.54, 1.807) is 0 Å². The summed E-state index contributed by atoms with van der Waals surface area (Å²) in [7, 11) is 3.29.